The quantitative estimate of drug-likeness (QED) is 0.812. The van der Waals surface area contributed by atoms with E-state index >= 15 is 0 Å². The number of piperidine rings is 3. The van der Waals surface area contributed by atoms with E-state index in [1.807, 2.05) is 0 Å². The Morgan fingerprint density at radius 2 is 1.72 bits per heavy atom. The van der Waals surface area contributed by atoms with Crippen LogP contribution < -0.4 is 5.73 Å². The first-order valence-electron chi connectivity index (χ1n) is 7.95. The first-order chi connectivity index (χ1) is 8.74. The fourth-order valence-electron chi connectivity index (χ4n) is 4.44. The van der Waals surface area contributed by atoms with Gasteiger partial charge < -0.3 is 10.6 Å². The normalized spacial score (nSPS) is 43.0. The van der Waals surface area contributed by atoms with Crippen molar-refractivity contribution in [2.75, 3.05) is 20.1 Å². The van der Waals surface area contributed by atoms with Crippen LogP contribution in [-0.4, -0.2) is 54.1 Å². The molecule has 104 valence electrons. The molecule has 0 aromatic carbocycles. The second-order valence-corrected chi connectivity index (χ2v) is 6.80. The van der Waals surface area contributed by atoms with Crippen molar-refractivity contribution in [1.29, 1.82) is 0 Å². The Hall–Kier alpha value is -0.120. The minimum absolute atomic E-state index is 0.473. The molecule has 2 N–H and O–H groups in total. The molecular formula is C15H29N3. The summed E-state index contributed by atoms with van der Waals surface area (Å²) in [6, 6.07) is 2.86. The van der Waals surface area contributed by atoms with Gasteiger partial charge in [0.1, 0.15) is 0 Å². The first kappa shape index (κ1) is 12.9. The van der Waals surface area contributed by atoms with Crippen LogP contribution in [0.2, 0.25) is 0 Å². The topological polar surface area (TPSA) is 32.5 Å². The van der Waals surface area contributed by atoms with Crippen molar-refractivity contribution in [3.05, 3.63) is 0 Å². The molecule has 18 heavy (non-hydrogen) atoms. The Labute approximate surface area is 112 Å². The van der Waals surface area contributed by atoms with E-state index in [4.69, 9.17) is 5.73 Å². The summed E-state index contributed by atoms with van der Waals surface area (Å²) >= 11 is 0. The van der Waals surface area contributed by atoms with Crippen LogP contribution in [0, 0.1) is 0 Å². The molecular weight excluding hydrogens is 222 g/mol. The maximum Gasteiger partial charge on any atom is 0.0220 e. The van der Waals surface area contributed by atoms with Crippen molar-refractivity contribution in [2.24, 2.45) is 5.73 Å². The van der Waals surface area contributed by atoms with Crippen LogP contribution in [0.5, 0.6) is 0 Å². The maximum atomic E-state index is 6.21. The molecule has 3 rings (SSSR count). The lowest BCUT2D eigenvalue weighted by Gasteiger charge is -2.50. The third-order valence-corrected chi connectivity index (χ3v) is 5.51. The smallest absolute Gasteiger partial charge is 0.0220 e. The van der Waals surface area contributed by atoms with Gasteiger partial charge in [-0.2, -0.15) is 0 Å². The zero-order valence-corrected chi connectivity index (χ0v) is 11.9. The third kappa shape index (κ3) is 2.59. The highest BCUT2D eigenvalue weighted by molar-refractivity contribution is 4.95. The fraction of sp³-hybridized carbons (Fsp3) is 1.00. The van der Waals surface area contributed by atoms with Gasteiger partial charge in [-0.25, -0.2) is 0 Å². The van der Waals surface area contributed by atoms with Crippen molar-refractivity contribution >= 4 is 0 Å². The van der Waals surface area contributed by atoms with E-state index in [1.54, 1.807) is 0 Å². The number of likely N-dealkylation sites (N-methyl/N-ethyl adjacent to an activating group) is 1. The summed E-state index contributed by atoms with van der Waals surface area (Å²) < 4.78 is 0. The Kier molecular flexibility index (Phi) is 3.92. The summed E-state index contributed by atoms with van der Waals surface area (Å²) in [6.45, 7) is 2.60. The highest BCUT2D eigenvalue weighted by Crippen LogP contribution is 2.34. The van der Waals surface area contributed by atoms with Gasteiger partial charge in [-0.3, -0.25) is 4.90 Å². The number of fused-ring (bicyclic) bond motifs is 2. The zero-order valence-electron chi connectivity index (χ0n) is 11.9. The fourth-order valence-corrected chi connectivity index (χ4v) is 4.44. The van der Waals surface area contributed by atoms with Gasteiger partial charge in [0.15, 0.2) is 0 Å². The van der Waals surface area contributed by atoms with Crippen LogP contribution in [-0.2, 0) is 0 Å². The standard InChI is InChI=1S/C15H29N3/c1-17-8-3-2-5-15(17)11-18-13-6-4-7-14(18)10-12(16)9-13/h12-15H,2-11,16H2,1H3. The first-order valence-corrected chi connectivity index (χ1v) is 7.95. The summed E-state index contributed by atoms with van der Waals surface area (Å²) in [5.41, 5.74) is 6.21. The van der Waals surface area contributed by atoms with Crippen molar-refractivity contribution in [3.63, 3.8) is 0 Å². The Morgan fingerprint density at radius 3 is 2.39 bits per heavy atom. The van der Waals surface area contributed by atoms with Gasteiger partial charge in [0.25, 0.3) is 0 Å². The largest absolute Gasteiger partial charge is 0.328 e. The van der Waals surface area contributed by atoms with Gasteiger partial charge in [0.2, 0.25) is 0 Å². The Balaban J connectivity index is 1.64. The van der Waals surface area contributed by atoms with E-state index < -0.39 is 0 Å². The summed E-state index contributed by atoms with van der Waals surface area (Å²) in [5, 5.41) is 0. The number of nitrogens with two attached hydrogens (primary N) is 1. The summed E-state index contributed by atoms with van der Waals surface area (Å²) in [4.78, 5) is 5.42. The van der Waals surface area contributed by atoms with Gasteiger partial charge in [-0.05, 0) is 52.1 Å². The highest BCUT2D eigenvalue weighted by atomic mass is 15.3. The molecule has 3 unspecified atom stereocenters. The molecule has 3 heterocycles. The Bertz CT molecular complexity index is 267. The maximum absolute atomic E-state index is 6.21. The molecule has 0 amide bonds. The van der Waals surface area contributed by atoms with E-state index in [0.29, 0.717) is 6.04 Å². The summed E-state index contributed by atoms with van der Waals surface area (Å²) in [5.74, 6) is 0. The molecule has 3 saturated heterocycles. The van der Waals surface area contributed by atoms with Crippen LogP contribution >= 0.6 is 0 Å². The number of hydrogen-bond acceptors (Lipinski definition) is 3. The van der Waals surface area contributed by atoms with E-state index in [9.17, 15) is 0 Å². The average Bonchev–Trinajstić information content (AvgIpc) is 2.33. The monoisotopic (exact) mass is 251 g/mol. The van der Waals surface area contributed by atoms with Crippen LogP contribution in [0.15, 0.2) is 0 Å². The molecule has 0 radical (unpaired) electrons. The molecule has 0 aliphatic carbocycles. The summed E-state index contributed by atoms with van der Waals surface area (Å²) in [7, 11) is 2.31. The molecule has 0 saturated carbocycles. The zero-order chi connectivity index (χ0) is 12.5. The van der Waals surface area contributed by atoms with Gasteiger partial charge in [0.05, 0.1) is 0 Å². The molecule has 0 aromatic rings. The highest BCUT2D eigenvalue weighted by Gasteiger charge is 2.38. The number of rotatable bonds is 2. The van der Waals surface area contributed by atoms with E-state index in [1.165, 1.54) is 64.5 Å². The van der Waals surface area contributed by atoms with Crippen LogP contribution in [0.3, 0.4) is 0 Å². The molecule has 3 fully saturated rings. The van der Waals surface area contributed by atoms with Crippen LogP contribution in [0.25, 0.3) is 0 Å². The molecule has 0 spiro atoms. The van der Waals surface area contributed by atoms with Crippen LogP contribution in [0.4, 0.5) is 0 Å². The van der Waals surface area contributed by atoms with Crippen molar-refractivity contribution in [1.82, 2.24) is 9.80 Å². The van der Waals surface area contributed by atoms with E-state index in [0.717, 1.165) is 18.1 Å². The molecule has 3 aliphatic rings. The van der Waals surface area contributed by atoms with Crippen molar-refractivity contribution in [3.8, 4) is 0 Å². The Morgan fingerprint density at radius 1 is 1.00 bits per heavy atom. The van der Waals surface area contributed by atoms with Gasteiger partial charge in [-0.15, -0.1) is 0 Å². The average molecular weight is 251 g/mol. The second-order valence-electron chi connectivity index (χ2n) is 6.80. The third-order valence-electron chi connectivity index (χ3n) is 5.51. The lowest BCUT2D eigenvalue weighted by molar-refractivity contribution is 0.00370. The minimum atomic E-state index is 0.473. The molecule has 3 nitrogen and oxygen atoms in total. The molecule has 3 heteroatoms. The van der Waals surface area contributed by atoms with Gasteiger partial charge in [-0.1, -0.05) is 12.8 Å². The predicted molar refractivity (Wildman–Crippen MR) is 75.6 cm³/mol. The molecule has 0 aromatic heterocycles. The predicted octanol–water partition coefficient (Wildman–Crippen LogP) is 1.81. The van der Waals surface area contributed by atoms with Gasteiger partial charge in [0, 0.05) is 30.7 Å². The minimum Gasteiger partial charge on any atom is -0.328 e. The number of likely N-dealkylation sites (tertiary alicyclic amines) is 1. The lowest BCUT2D eigenvalue weighted by Crippen LogP contribution is -2.58. The molecule has 3 atom stereocenters. The van der Waals surface area contributed by atoms with Crippen molar-refractivity contribution in [2.45, 2.75) is 75.5 Å². The number of nitrogens with zero attached hydrogens (tertiary/aromatic N) is 2. The number of hydrogen-bond donors (Lipinski definition) is 1. The molecule has 3 aliphatic heterocycles. The van der Waals surface area contributed by atoms with E-state index in [2.05, 4.69) is 16.8 Å². The second kappa shape index (κ2) is 5.48. The van der Waals surface area contributed by atoms with E-state index in [-0.39, 0.29) is 0 Å². The van der Waals surface area contributed by atoms with Crippen LogP contribution in [0.1, 0.15) is 51.4 Å². The SMILES string of the molecule is CN1CCCCC1CN1C2CCCC1CC(N)C2. The van der Waals surface area contributed by atoms with Gasteiger partial charge >= 0.3 is 0 Å². The molecule has 2 bridgehead atoms. The summed E-state index contributed by atoms with van der Waals surface area (Å²) in [6.07, 6.45) is 10.9. The lowest BCUT2D eigenvalue weighted by atomic mass is 9.81. The van der Waals surface area contributed by atoms with Crippen molar-refractivity contribution < 1.29 is 0 Å².